The first-order valence-corrected chi connectivity index (χ1v) is 6.12. The average Bonchev–Trinajstić information content (AvgIpc) is 2.79. The highest BCUT2D eigenvalue weighted by Crippen LogP contribution is 2.15. The summed E-state index contributed by atoms with van der Waals surface area (Å²) in [6.07, 6.45) is 3.96. The van der Waals surface area contributed by atoms with Crippen LogP contribution in [-0.2, 0) is 6.42 Å². The van der Waals surface area contributed by atoms with Crippen molar-refractivity contribution in [3.05, 3.63) is 47.2 Å². The molecule has 0 amide bonds. The van der Waals surface area contributed by atoms with Crippen molar-refractivity contribution in [2.75, 3.05) is 13.6 Å². The fourth-order valence-corrected chi connectivity index (χ4v) is 1.91. The molecule has 0 fully saturated rings. The van der Waals surface area contributed by atoms with Gasteiger partial charge in [-0.3, -0.25) is 0 Å². The standard InChI is InChI=1S/C13H16ClN3/c1-15-9-2-3-12-8-10-16-17(12)13-6-4-11(14)5-7-13/h4-8,10,15H,2-3,9H2,1H3. The third-order valence-electron chi connectivity index (χ3n) is 2.65. The van der Waals surface area contributed by atoms with Crippen LogP contribution < -0.4 is 5.32 Å². The van der Waals surface area contributed by atoms with E-state index in [1.807, 2.05) is 42.2 Å². The Labute approximate surface area is 106 Å². The van der Waals surface area contributed by atoms with E-state index in [1.54, 1.807) is 0 Å². The van der Waals surface area contributed by atoms with Crippen molar-refractivity contribution < 1.29 is 0 Å². The molecule has 0 atom stereocenters. The largest absolute Gasteiger partial charge is 0.320 e. The van der Waals surface area contributed by atoms with E-state index in [1.165, 1.54) is 5.69 Å². The fraction of sp³-hybridized carbons (Fsp3) is 0.308. The van der Waals surface area contributed by atoms with Gasteiger partial charge in [-0.1, -0.05) is 11.6 Å². The third-order valence-corrected chi connectivity index (χ3v) is 2.90. The van der Waals surface area contributed by atoms with Crippen LogP contribution in [0.15, 0.2) is 36.5 Å². The number of nitrogens with zero attached hydrogens (tertiary/aromatic N) is 2. The van der Waals surface area contributed by atoms with Crippen LogP contribution in [0, 0.1) is 0 Å². The van der Waals surface area contributed by atoms with E-state index in [4.69, 9.17) is 11.6 Å². The zero-order chi connectivity index (χ0) is 12.1. The van der Waals surface area contributed by atoms with E-state index < -0.39 is 0 Å². The summed E-state index contributed by atoms with van der Waals surface area (Å²) < 4.78 is 1.96. The van der Waals surface area contributed by atoms with Crippen LogP contribution in [-0.4, -0.2) is 23.4 Å². The summed E-state index contributed by atoms with van der Waals surface area (Å²) in [7, 11) is 1.97. The van der Waals surface area contributed by atoms with Gasteiger partial charge < -0.3 is 5.32 Å². The van der Waals surface area contributed by atoms with Gasteiger partial charge in [-0.2, -0.15) is 5.10 Å². The van der Waals surface area contributed by atoms with Crippen molar-refractivity contribution >= 4 is 11.6 Å². The highest BCUT2D eigenvalue weighted by Gasteiger charge is 2.04. The molecular weight excluding hydrogens is 234 g/mol. The SMILES string of the molecule is CNCCCc1ccnn1-c1ccc(Cl)cc1. The third kappa shape index (κ3) is 3.08. The van der Waals surface area contributed by atoms with Gasteiger partial charge in [-0.05, 0) is 56.8 Å². The second-order valence-corrected chi connectivity index (χ2v) is 4.35. The van der Waals surface area contributed by atoms with Crippen LogP contribution in [0.2, 0.25) is 5.02 Å². The summed E-state index contributed by atoms with van der Waals surface area (Å²) in [5.41, 5.74) is 2.28. The molecule has 0 unspecified atom stereocenters. The van der Waals surface area contributed by atoms with E-state index >= 15 is 0 Å². The van der Waals surface area contributed by atoms with Crippen molar-refractivity contribution in [2.45, 2.75) is 12.8 Å². The van der Waals surface area contributed by atoms with Gasteiger partial charge in [-0.15, -0.1) is 0 Å². The number of aromatic nitrogens is 2. The lowest BCUT2D eigenvalue weighted by Crippen LogP contribution is -2.10. The van der Waals surface area contributed by atoms with Gasteiger partial charge >= 0.3 is 0 Å². The zero-order valence-corrected chi connectivity index (χ0v) is 10.6. The van der Waals surface area contributed by atoms with Crippen LogP contribution in [0.25, 0.3) is 5.69 Å². The van der Waals surface area contributed by atoms with E-state index in [9.17, 15) is 0 Å². The first kappa shape index (κ1) is 12.1. The van der Waals surface area contributed by atoms with Gasteiger partial charge in [0.2, 0.25) is 0 Å². The monoisotopic (exact) mass is 249 g/mol. The topological polar surface area (TPSA) is 29.9 Å². The minimum absolute atomic E-state index is 0.748. The maximum Gasteiger partial charge on any atom is 0.0649 e. The van der Waals surface area contributed by atoms with Crippen LogP contribution in [0.3, 0.4) is 0 Å². The molecule has 4 heteroatoms. The molecular formula is C13H16ClN3. The average molecular weight is 250 g/mol. The maximum absolute atomic E-state index is 5.88. The molecule has 0 spiro atoms. The molecule has 2 aromatic rings. The Morgan fingerprint density at radius 2 is 2.00 bits per heavy atom. The smallest absolute Gasteiger partial charge is 0.0649 e. The minimum Gasteiger partial charge on any atom is -0.320 e. The summed E-state index contributed by atoms with van der Waals surface area (Å²) in [6.45, 7) is 1.02. The number of benzene rings is 1. The fourth-order valence-electron chi connectivity index (χ4n) is 1.78. The molecule has 0 bridgehead atoms. The molecule has 3 nitrogen and oxygen atoms in total. The predicted octanol–water partition coefficient (Wildman–Crippen LogP) is 2.68. The first-order chi connectivity index (χ1) is 8.31. The lowest BCUT2D eigenvalue weighted by molar-refractivity contribution is 0.692. The molecule has 2 rings (SSSR count). The maximum atomic E-state index is 5.88. The second kappa shape index (κ2) is 5.84. The highest BCUT2D eigenvalue weighted by atomic mass is 35.5. The van der Waals surface area contributed by atoms with Gasteiger partial charge in [0.05, 0.1) is 5.69 Å². The Morgan fingerprint density at radius 1 is 1.24 bits per heavy atom. The molecule has 17 heavy (non-hydrogen) atoms. The van der Waals surface area contributed by atoms with Crippen molar-refractivity contribution in [1.82, 2.24) is 15.1 Å². The Morgan fingerprint density at radius 3 is 2.71 bits per heavy atom. The van der Waals surface area contributed by atoms with Gasteiger partial charge in [0.1, 0.15) is 0 Å². The number of hydrogen-bond donors (Lipinski definition) is 1. The molecule has 1 aromatic heterocycles. The van der Waals surface area contributed by atoms with Gasteiger partial charge in [0.25, 0.3) is 0 Å². The summed E-state index contributed by atoms with van der Waals surface area (Å²) in [5.74, 6) is 0. The molecule has 1 heterocycles. The number of hydrogen-bond acceptors (Lipinski definition) is 2. The number of aryl methyl sites for hydroxylation is 1. The van der Waals surface area contributed by atoms with Crippen LogP contribution in [0.4, 0.5) is 0 Å². The Bertz CT molecular complexity index is 462. The normalized spacial score (nSPS) is 10.7. The van der Waals surface area contributed by atoms with Crippen LogP contribution in [0.1, 0.15) is 12.1 Å². The summed E-state index contributed by atoms with van der Waals surface area (Å²) in [6, 6.07) is 9.80. The molecule has 0 aliphatic rings. The van der Waals surface area contributed by atoms with Gasteiger partial charge in [0.15, 0.2) is 0 Å². The lowest BCUT2D eigenvalue weighted by Gasteiger charge is -2.07. The first-order valence-electron chi connectivity index (χ1n) is 5.74. The number of halogens is 1. The molecule has 1 aromatic carbocycles. The molecule has 0 radical (unpaired) electrons. The molecule has 0 aliphatic heterocycles. The highest BCUT2D eigenvalue weighted by molar-refractivity contribution is 6.30. The van der Waals surface area contributed by atoms with E-state index in [0.29, 0.717) is 0 Å². The summed E-state index contributed by atoms with van der Waals surface area (Å²) in [4.78, 5) is 0. The number of rotatable bonds is 5. The zero-order valence-electron chi connectivity index (χ0n) is 9.86. The number of nitrogens with one attached hydrogen (secondary N) is 1. The van der Waals surface area contributed by atoms with Gasteiger partial charge in [0, 0.05) is 16.9 Å². The van der Waals surface area contributed by atoms with Crippen molar-refractivity contribution in [3.63, 3.8) is 0 Å². The molecule has 0 saturated heterocycles. The van der Waals surface area contributed by atoms with E-state index in [0.717, 1.165) is 30.1 Å². The molecule has 90 valence electrons. The van der Waals surface area contributed by atoms with Crippen LogP contribution in [0.5, 0.6) is 0 Å². The lowest BCUT2D eigenvalue weighted by atomic mass is 10.2. The van der Waals surface area contributed by atoms with Gasteiger partial charge in [-0.25, -0.2) is 4.68 Å². The van der Waals surface area contributed by atoms with Crippen LogP contribution >= 0.6 is 11.6 Å². The minimum atomic E-state index is 0.748. The molecule has 0 aliphatic carbocycles. The van der Waals surface area contributed by atoms with Crippen molar-refractivity contribution in [2.24, 2.45) is 0 Å². The predicted molar refractivity (Wildman–Crippen MR) is 70.8 cm³/mol. The second-order valence-electron chi connectivity index (χ2n) is 3.92. The van der Waals surface area contributed by atoms with Crippen molar-refractivity contribution in [1.29, 1.82) is 0 Å². The Balaban J connectivity index is 2.15. The van der Waals surface area contributed by atoms with Crippen molar-refractivity contribution in [3.8, 4) is 5.69 Å². The quantitative estimate of drug-likeness (QED) is 0.826. The molecule has 0 saturated carbocycles. The Hall–Kier alpha value is -1.32. The summed E-state index contributed by atoms with van der Waals surface area (Å²) in [5, 5.41) is 8.25. The summed E-state index contributed by atoms with van der Waals surface area (Å²) >= 11 is 5.88. The van der Waals surface area contributed by atoms with E-state index in [-0.39, 0.29) is 0 Å². The Kier molecular flexibility index (Phi) is 4.18. The molecule has 1 N–H and O–H groups in total. The van der Waals surface area contributed by atoms with E-state index in [2.05, 4.69) is 16.5 Å².